The van der Waals surface area contributed by atoms with Crippen molar-refractivity contribution in [2.75, 3.05) is 11.9 Å². The van der Waals surface area contributed by atoms with Crippen LogP contribution >= 0.6 is 0 Å². The number of amides is 1. The molecule has 0 aliphatic heterocycles. The third-order valence-electron chi connectivity index (χ3n) is 3.61. The molecule has 2 aromatic heterocycles. The Kier molecular flexibility index (Phi) is 4.97. The van der Waals surface area contributed by atoms with E-state index in [1.165, 1.54) is 19.1 Å². The second-order valence-electron chi connectivity index (χ2n) is 5.30. The van der Waals surface area contributed by atoms with Gasteiger partial charge >= 0.3 is 12.6 Å². The molecular formula is C17H16F2N4O3. The summed E-state index contributed by atoms with van der Waals surface area (Å²) in [6.07, 6.45) is 0. The Morgan fingerprint density at radius 3 is 2.77 bits per heavy atom. The lowest BCUT2D eigenvalue weighted by molar-refractivity contribution is 0.0632. The zero-order valence-electron chi connectivity index (χ0n) is 14.1. The second-order valence-corrected chi connectivity index (χ2v) is 5.30. The number of aryl methyl sites for hydroxylation is 1. The summed E-state index contributed by atoms with van der Waals surface area (Å²) >= 11 is 0. The van der Waals surface area contributed by atoms with E-state index in [9.17, 15) is 13.6 Å². The highest BCUT2D eigenvalue weighted by molar-refractivity contribution is 6.02. The Morgan fingerprint density at radius 2 is 2.04 bits per heavy atom. The zero-order valence-corrected chi connectivity index (χ0v) is 14.1. The average molecular weight is 362 g/mol. The second kappa shape index (κ2) is 7.34. The van der Waals surface area contributed by atoms with Crippen LogP contribution in [0.3, 0.4) is 0 Å². The number of hydrogen-bond donors (Lipinski definition) is 1. The van der Waals surface area contributed by atoms with E-state index in [2.05, 4.69) is 15.5 Å². The molecule has 1 N–H and O–H groups in total. The molecule has 0 saturated heterocycles. The largest absolute Gasteiger partial charge is 0.493 e. The summed E-state index contributed by atoms with van der Waals surface area (Å²) in [5.41, 5.74) is 0.628. The Bertz CT molecular complexity index is 920. The summed E-state index contributed by atoms with van der Waals surface area (Å²) < 4.78 is 37.7. The lowest BCUT2D eigenvalue weighted by Crippen LogP contribution is -2.18. The first-order valence-corrected chi connectivity index (χ1v) is 7.84. The number of carbonyl (C=O) groups excluding carboxylic acids is 1. The van der Waals surface area contributed by atoms with Crippen molar-refractivity contribution in [2.45, 2.75) is 20.4 Å². The number of alkyl halides is 2. The number of halogens is 2. The molecule has 0 atom stereocenters. The number of para-hydroxylation sites is 1. The van der Waals surface area contributed by atoms with Gasteiger partial charge in [0.2, 0.25) is 0 Å². The number of rotatable bonds is 6. The third kappa shape index (κ3) is 3.41. The molecule has 0 spiro atoms. The van der Waals surface area contributed by atoms with Crippen molar-refractivity contribution < 1.29 is 22.7 Å². The predicted molar refractivity (Wildman–Crippen MR) is 89.3 cm³/mol. The van der Waals surface area contributed by atoms with Gasteiger partial charge in [-0.05, 0) is 38.1 Å². The van der Waals surface area contributed by atoms with E-state index >= 15 is 0 Å². The molecule has 0 aliphatic rings. The fourth-order valence-corrected chi connectivity index (χ4v) is 2.46. The molecule has 3 aromatic rings. The smallest absolute Gasteiger partial charge is 0.322 e. The number of nitrogens with zero attached hydrogens (tertiary/aromatic N) is 3. The molecule has 0 aliphatic carbocycles. The summed E-state index contributed by atoms with van der Waals surface area (Å²) in [7, 11) is 0. The highest BCUT2D eigenvalue weighted by Gasteiger charge is 2.21. The van der Waals surface area contributed by atoms with Gasteiger partial charge in [-0.2, -0.15) is 8.78 Å². The van der Waals surface area contributed by atoms with E-state index in [0.717, 1.165) is 0 Å². The predicted octanol–water partition coefficient (Wildman–Crippen LogP) is 3.89. The Morgan fingerprint density at radius 1 is 1.27 bits per heavy atom. The van der Waals surface area contributed by atoms with Crippen LogP contribution in [0.4, 0.5) is 14.8 Å². The summed E-state index contributed by atoms with van der Waals surface area (Å²) in [6, 6.07) is 9.59. The van der Waals surface area contributed by atoms with Gasteiger partial charge in [0.15, 0.2) is 0 Å². The van der Waals surface area contributed by atoms with Crippen molar-refractivity contribution in [3.05, 3.63) is 47.8 Å². The molecule has 3 rings (SSSR count). The molecule has 1 amide bonds. The van der Waals surface area contributed by atoms with Crippen LogP contribution in [0.15, 0.2) is 40.8 Å². The first kappa shape index (κ1) is 17.6. The molecule has 2 heterocycles. The van der Waals surface area contributed by atoms with Crippen molar-refractivity contribution in [3.8, 4) is 17.2 Å². The molecule has 0 saturated carbocycles. The van der Waals surface area contributed by atoms with Crippen LogP contribution in [0.25, 0.3) is 11.5 Å². The van der Waals surface area contributed by atoms with E-state index in [1.807, 2.05) is 6.92 Å². The highest BCUT2D eigenvalue weighted by atomic mass is 19.3. The minimum Gasteiger partial charge on any atom is -0.493 e. The normalized spacial score (nSPS) is 11.0. The van der Waals surface area contributed by atoms with Gasteiger partial charge in [-0.15, -0.1) is 5.10 Å². The van der Waals surface area contributed by atoms with Crippen LogP contribution in [0.5, 0.6) is 5.75 Å². The maximum atomic E-state index is 13.1. The number of hydrogen-bond acceptors (Lipinski definition) is 5. The van der Waals surface area contributed by atoms with Gasteiger partial charge in [-0.1, -0.05) is 17.2 Å². The molecule has 136 valence electrons. The Balaban J connectivity index is 1.82. The minimum absolute atomic E-state index is 0.143. The SMILES string of the molecule is CCOc1ccccc1-c1nnc(NC(=O)c2ccc(C)n2C(F)F)o1. The van der Waals surface area contributed by atoms with Gasteiger partial charge in [0.25, 0.3) is 11.8 Å². The fourth-order valence-electron chi connectivity index (χ4n) is 2.46. The van der Waals surface area contributed by atoms with Crippen molar-refractivity contribution in [3.63, 3.8) is 0 Å². The molecule has 26 heavy (non-hydrogen) atoms. The first-order chi connectivity index (χ1) is 12.5. The van der Waals surface area contributed by atoms with Crippen LogP contribution < -0.4 is 10.1 Å². The van der Waals surface area contributed by atoms with Crippen molar-refractivity contribution >= 4 is 11.9 Å². The number of ether oxygens (including phenoxy) is 1. The van der Waals surface area contributed by atoms with Gasteiger partial charge in [0.1, 0.15) is 11.4 Å². The van der Waals surface area contributed by atoms with Gasteiger partial charge in [-0.3, -0.25) is 14.7 Å². The number of benzene rings is 1. The van der Waals surface area contributed by atoms with Crippen molar-refractivity contribution in [2.24, 2.45) is 0 Å². The van der Waals surface area contributed by atoms with Gasteiger partial charge < -0.3 is 9.15 Å². The standard InChI is InChI=1S/C17H16F2N4O3/c1-3-25-13-7-5-4-6-11(13)15-21-22-17(26-15)20-14(24)12-9-8-10(2)23(12)16(18)19/h4-9,16H,3H2,1-2H3,(H,20,22,24). The Labute approximate surface area is 147 Å². The van der Waals surface area contributed by atoms with Crippen LogP contribution in [-0.4, -0.2) is 27.3 Å². The zero-order chi connectivity index (χ0) is 18.7. The van der Waals surface area contributed by atoms with E-state index in [4.69, 9.17) is 9.15 Å². The van der Waals surface area contributed by atoms with E-state index in [-0.39, 0.29) is 23.3 Å². The van der Waals surface area contributed by atoms with Gasteiger partial charge in [0, 0.05) is 5.69 Å². The quantitative estimate of drug-likeness (QED) is 0.719. The number of aromatic nitrogens is 3. The van der Waals surface area contributed by atoms with Crippen LogP contribution in [0.2, 0.25) is 0 Å². The van der Waals surface area contributed by atoms with Crippen LogP contribution in [0.1, 0.15) is 29.7 Å². The fraction of sp³-hybridized carbons (Fsp3) is 0.235. The molecule has 7 nitrogen and oxygen atoms in total. The molecular weight excluding hydrogens is 346 g/mol. The monoisotopic (exact) mass is 362 g/mol. The van der Waals surface area contributed by atoms with E-state index in [1.54, 1.807) is 24.3 Å². The van der Waals surface area contributed by atoms with Crippen molar-refractivity contribution in [1.82, 2.24) is 14.8 Å². The number of anilines is 1. The van der Waals surface area contributed by atoms with Crippen LogP contribution in [-0.2, 0) is 0 Å². The highest BCUT2D eigenvalue weighted by Crippen LogP contribution is 2.29. The van der Waals surface area contributed by atoms with Gasteiger partial charge in [-0.25, -0.2) is 0 Å². The molecule has 0 radical (unpaired) electrons. The minimum atomic E-state index is -2.83. The topological polar surface area (TPSA) is 82.2 Å². The molecule has 9 heteroatoms. The third-order valence-corrected chi connectivity index (χ3v) is 3.61. The van der Waals surface area contributed by atoms with Crippen molar-refractivity contribution in [1.29, 1.82) is 0 Å². The summed E-state index contributed by atoms with van der Waals surface area (Å²) in [5.74, 6) is -0.0739. The maximum Gasteiger partial charge on any atom is 0.322 e. The van der Waals surface area contributed by atoms with Crippen LogP contribution in [0, 0.1) is 6.92 Å². The molecule has 0 bridgehead atoms. The average Bonchev–Trinajstić information content (AvgIpc) is 3.22. The maximum absolute atomic E-state index is 13.1. The van der Waals surface area contributed by atoms with E-state index in [0.29, 0.717) is 22.5 Å². The first-order valence-electron chi connectivity index (χ1n) is 7.84. The Hall–Kier alpha value is -3.23. The summed E-state index contributed by atoms with van der Waals surface area (Å²) in [6.45, 7) is 0.954. The molecule has 0 fully saturated rings. The number of carbonyl (C=O) groups is 1. The lowest BCUT2D eigenvalue weighted by atomic mass is 10.2. The number of nitrogens with one attached hydrogen (secondary N) is 1. The van der Waals surface area contributed by atoms with E-state index < -0.39 is 12.5 Å². The summed E-state index contributed by atoms with van der Waals surface area (Å²) in [4.78, 5) is 12.3. The summed E-state index contributed by atoms with van der Waals surface area (Å²) in [5, 5.41) is 9.95. The molecule has 1 aromatic carbocycles. The lowest BCUT2D eigenvalue weighted by Gasteiger charge is -2.09. The van der Waals surface area contributed by atoms with Gasteiger partial charge in [0.05, 0.1) is 12.2 Å². The molecule has 0 unspecified atom stereocenters.